The highest BCUT2D eigenvalue weighted by molar-refractivity contribution is 14.2. The van der Waals surface area contributed by atoms with Crippen molar-refractivity contribution in [3.8, 4) is 0 Å². The van der Waals surface area contributed by atoms with Crippen molar-refractivity contribution in [3.63, 3.8) is 0 Å². The van der Waals surface area contributed by atoms with E-state index < -0.39 is 0 Å². The molecule has 0 heterocycles. The number of rotatable bonds is 4. The summed E-state index contributed by atoms with van der Waals surface area (Å²) in [6, 6.07) is 0. The quantitative estimate of drug-likeness (QED) is 0.451. The van der Waals surface area contributed by atoms with Gasteiger partial charge in [-0.25, -0.2) is 0 Å². The number of ether oxygens (including phenoxy) is 1. The van der Waals surface area contributed by atoms with Gasteiger partial charge >= 0.3 is 5.97 Å². The first-order chi connectivity index (χ1) is 6.77. The van der Waals surface area contributed by atoms with Gasteiger partial charge in [0.15, 0.2) is 0 Å². The van der Waals surface area contributed by atoms with Gasteiger partial charge in [0.05, 0.1) is 28.8 Å². The van der Waals surface area contributed by atoms with Crippen molar-refractivity contribution in [1.82, 2.24) is 0 Å². The molecule has 0 spiro atoms. The second-order valence-corrected chi connectivity index (χ2v) is 5.03. The summed E-state index contributed by atoms with van der Waals surface area (Å²) in [7, 11) is 2.85. The Balaban J connectivity index is 2.20. The number of carbonyl (C=O) groups is 1. The Labute approximate surface area is 101 Å². The van der Waals surface area contributed by atoms with Gasteiger partial charge in [-0.2, -0.15) is 0 Å². The second-order valence-electron chi connectivity index (χ2n) is 3.59. The summed E-state index contributed by atoms with van der Waals surface area (Å²) in [5.74, 6) is 0.703. The molecule has 3 nitrogen and oxygen atoms in total. The molecule has 1 aliphatic carbocycles. The van der Waals surface area contributed by atoms with Gasteiger partial charge in [-0.3, -0.25) is 4.79 Å². The fourth-order valence-electron chi connectivity index (χ4n) is 1.85. The topological polar surface area (TPSA) is 35.5 Å². The predicted molar refractivity (Wildman–Crippen MR) is 65.0 cm³/mol. The number of carbonyl (C=O) groups excluding carboxylic acids is 1. The van der Waals surface area contributed by atoms with E-state index in [2.05, 4.69) is 21.2 Å². The minimum absolute atomic E-state index is 0.0485. The van der Waals surface area contributed by atoms with E-state index in [-0.39, 0.29) is 11.9 Å². The molecule has 0 radical (unpaired) electrons. The monoisotopic (exact) mass is 330 g/mol. The van der Waals surface area contributed by atoms with Crippen molar-refractivity contribution in [1.29, 1.82) is 0 Å². The van der Waals surface area contributed by atoms with Gasteiger partial charge in [0.1, 0.15) is 0 Å². The zero-order valence-electron chi connectivity index (χ0n) is 8.20. The van der Waals surface area contributed by atoms with Crippen molar-refractivity contribution < 1.29 is 13.7 Å². The van der Waals surface area contributed by atoms with Crippen molar-refractivity contribution >= 4 is 36.4 Å². The Bertz CT molecular complexity index is 181. The summed E-state index contributed by atoms with van der Waals surface area (Å²) in [6.07, 6.45) is 4.06. The van der Waals surface area contributed by atoms with E-state index >= 15 is 0 Å². The van der Waals surface area contributed by atoms with Crippen LogP contribution < -0.4 is 0 Å². The van der Waals surface area contributed by atoms with Crippen LogP contribution in [0, 0.1) is 11.8 Å². The number of methoxy groups -OCH3 is 1. The van der Waals surface area contributed by atoms with Gasteiger partial charge in [0, 0.05) is 21.2 Å². The van der Waals surface area contributed by atoms with Crippen LogP contribution >= 0.6 is 30.4 Å². The summed E-state index contributed by atoms with van der Waals surface area (Å²) in [5, 5.41) is 0. The molecule has 14 heavy (non-hydrogen) atoms. The minimum atomic E-state index is -0.0485. The maximum absolute atomic E-state index is 11.2. The Morgan fingerprint density at radius 3 is 2.57 bits per heavy atom. The summed E-state index contributed by atoms with van der Waals surface area (Å²) < 4.78 is 10.0. The summed E-state index contributed by atoms with van der Waals surface area (Å²) >= 11 is 2.12. The maximum Gasteiger partial charge on any atom is 0.308 e. The molecule has 0 aromatic carbocycles. The molecule has 82 valence electrons. The molecule has 0 aliphatic heterocycles. The molecule has 0 unspecified atom stereocenters. The van der Waals surface area contributed by atoms with Gasteiger partial charge in [0.2, 0.25) is 0 Å². The third-order valence-electron chi connectivity index (χ3n) is 2.73. The van der Waals surface area contributed by atoms with Crippen molar-refractivity contribution in [2.75, 3.05) is 13.7 Å². The maximum atomic E-state index is 11.2. The predicted octanol–water partition coefficient (Wildman–Crippen LogP) is 2.98. The van der Waals surface area contributed by atoms with E-state index in [0.29, 0.717) is 5.92 Å². The standard InChI is InChI=1S/C9H15IO3S/c1-12-9(11)8-4-2-7(3-5-8)6-13-14-10/h7-8H,2-6H2,1H3/t7-,8-. The third kappa shape index (κ3) is 3.94. The van der Waals surface area contributed by atoms with Crippen LogP contribution in [0.4, 0.5) is 0 Å². The number of esters is 1. The molecule has 0 aromatic rings. The minimum Gasteiger partial charge on any atom is -0.469 e. The van der Waals surface area contributed by atoms with Crippen LogP contribution in [-0.2, 0) is 13.7 Å². The van der Waals surface area contributed by atoms with E-state index in [4.69, 9.17) is 8.92 Å². The molecular formula is C9H15IO3S. The molecule has 0 saturated heterocycles. The van der Waals surface area contributed by atoms with Crippen molar-refractivity contribution in [3.05, 3.63) is 0 Å². The lowest BCUT2D eigenvalue weighted by molar-refractivity contribution is -0.146. The van der Waals surface area contributed by atoms with E-state index in [1.807, 2.05) is 0 Å². The third-order valence-corrected chi connectivity index (χ3v) is 3.72. The average Bonchev–Trinajstić information content (AvgIpc) is 2.26. The highest BCUT2D eigenvalue weighted by Gasteiger charge is 2.26. The summed E-state index contributed by atoms with van der Waals surface area (Å²) in [4.78, 5) is 11.2. The van der Waals surface area contributed by atoms with Gasteiger partial charge in [-0.15, -0.1) is 0 Å². The fraction of sp³-hybridized carbons (Fsp3) is 0.889. The number of hydrogen-bond donors (Lipinski definition) is 0. The van der Waals surface area contributed by atoms with E-state index in [0.717, 1.165) is 32.3 Å². The van der Waals surface area contributed by atoms with Gasteiger partial charge in [0.25, 0.3) is 0 Å². The highest BCUT2D eigenvalue weighted by atomic mass is 127. The van der Waals surface area contributed by atoms with E-state index in [1.54, 1.807) is 0 Å². The first-order valence-electron chi connectivity index (χ1n) is 4.76. The van der Waals surface area contributed by atoms with Crippen molar-refractivity contribution in [2.45, 2.75) is 25.7 Å². The van der Waals surface area contributed by atoms with Gasteiger partial charge in [-0.1, -0.05) is 0 Å². The summed E-state index contributed by atoms with van der Waals surface area (Å²) in [6.45, 7) is 0.807. The van der Waals surface area contributed by atoms with Crippen molar-refractivity contribution in [2.24, 2.45) is 11.8 Å². The van der Waals surface area contributed by atoms with Crippen LogP contribution in [0.25, 0.3) is 0 Å². The van der Waals surface area contributed by atoms with Crippen LogP contribution in [0.15, 0.2) is 0 Å². The largest absolute Gasteiger partial charge is 0.469 e. The van der Waals surface area contributed by atoms with Crippen LogP contribution in [0.3, 0.4) is 0 Å². The van der Waals surface area contributed by atoms with Crippen LogP contribution in [0.2, 0.25) is 0 Å². The summed E-state index contributed by atoms with van der Waals surface area (Å²) in [5.41, 5.74) is 0. The highest BCUT2D eigenvalue weighted by Crippen LogP contribution is 2.30. The van der Waals surface area contributed by atoms with Gasteiger partial charge in [-0.05, 0) is 31.6 Å². The normalized spacial score (nSPS) is 27.3. The Morgan fingerprint density at radius 2 is 2.07 bits per heavy atom. The molecule has 1 aliphatic rings. The molecule has 1 fully saturated rings. The SMILES string of the molecule is COC(=O)[C@H]1CC[C@H](COSI)CC1. The lowest BCUT2D eigenvalue weighted by Crippen LogP contribution is -2.24. The van der Waals surface area contributed by atoms with Crippen LogP contribution in [0.5, 0.6) is 0 Å². The lowest BCUT2D eigenvalue weighted by Gasteiger charge is -2.25. The van der Waals surface area contributed by atoms with Gasteiger partial charge < -0.3 is 8.92 Å². The first kappa shape index (κ1) is 12.6. The number of hydrogen-bond acceptors (Lipinski definition) is 4. The molecule has 0 bridgehead atoms. The molecule has 0 aromatic heterocycles. The van der Waals surface area contributed by atoms with E-state index in [1.165, 1.54) is 16.3 Å². The number of halogens is 1. The Hall–Kier alpha value is 0.510. The average molecular weight is 330 g/mol. The molecule has 0 atom stereocenters. The van der Waals surface area contributed by atoms with E-state index in [9.17, 15) is 4.79 Å². The molecular weight excluding hydrogens is 315 g/mol. The zero-order chi connectivity index (χ0) is 10.4. The molecule has 1 rings (SSSR count). The Kier molecular flexibility index (Phi) is 6.20. The molecule has 0 amide bonds. The van der Waals surface area contributed by atoms with Crippen LogP contribution in [0.1, 0.15) is 25.7 Å². The molecule has 1 saturated carbocycles. The molecule has 0 N–H and O–H groups in total. The molecule has 5 heteroatoms. The Morgan fingerprint density at radius 1 is 1.43 bits per heavy atom. The first-order valence-corrected chi connectivity index (χ1v) is 8.04. The lowest BCUT2D eigenvalue weighted by atomic mass is 9.82. The zero-order valence-corrected chi connectivity index (χ0v) is 11.2. The smallest absolute Gasteiger partial charge is 0.308 e. The second kappa shape index (κ2) is 6.90. The fourth-order valence-corrected chi connectivity index (χ4v) is 2.54. The van der Waals surface area contributed by atoms with Crippen LogP contribution in [-0.4, -0.2) is 19.7 Å².